The van der Waals surface area contributed by atoms with Crippen LogP contribution in [0.4, 0.5) is 0 Å². The molecular formula is C44H87NO12S. The lowest BCUT2D eigenvalue weighted by molar-refractivity contribution is -0.298. The maximum Gasteiger partial charge on any atom is 0.397 e. The van der Waals surface area contributed by atoms with Crippen LogP contribution in [-0.2, 0) is 28.9 Å². The number of hydrogen-bond acceptors (Lipinski definition) is 11. The van der Waals surface area contributed by atoms with Crippen LogP contribution in [-0.4, -0.2) is 107 Å². The van der Waals surface area contributed by atoms with Crippen molar-refractivity contribution < 1.29 is 57.0 Å². The quantitative estimate of drug-likeness (QED) is 0.0231. The Morgan fingerprint density at radius 1 is 0.621 bits per heavy atom. The Morgan fingerprint density at radius 2 is 1.00 bits per heavy atom. The SMILES string of the molecule is CCCCCCCCCCCCCCCCCCC(O)C(COC1OC(CO)C(O)C(OS(=O)(=O)O)C1O)NC(=O)C(O)CCCCCCCCCCCCCCC. The van der Waals surface area contributed by atoms with Crippen LogP contribution >= 0.6 is 0 Å². The average molecular weight is 854 g/mol. The molecule has 1 rings (SSSR count). The first-order valence-corrected chi connectivity index (χ1v) is 24.9. The fourth-order valence-electron chi connectivity index (χ4n) is 7.76. The second-order valence-corrected chi connectivity index (χ2v) is 17.9. The highest BCUT2D eigenvalue weighted by molar-refractivity contribution is 7.80. The number of unbranched alkanes of at least 4 members (excludes halogenated alkanes) is 27. The summed E-state index contributed by atoms with van der Waals surface area (Å²) in [5.74, 6) is -0.667. The molecule has 1 saturated heterocycles. The maximum atomic E-state index is 13.1. The topological polar surface area (TPSA) is 212 Å². The Balaban J connectivity index is 2.55. The van der Waals surface area contributed by atoms with E-state index in [1.165, 1.54) is 135 Å². The number of nitrogens with one attached hydrogen (secondary N) is 1. The second kappa shape index (κ2) is 35.6. The fraction of sp³-hybridized carbons (Fsp3) is 0.977. The highest BCUT2D eigenvalue weighted by atomic mass is 32.3. The molecule has 346 valence electrons. The van der Waals surface area contributed by atoms with E-state index in [2.05, 4.69) is 23.3 Å². The van der Waals surface area contributed by atoms with Gasteiger partial charge in [0.2, 0.25) is 5.91 Å². The molecule has 14 heteroatoms. The summed E-state index contributed by atoms with van der Waals surface area (Å²) in [5, 5.41) is 55.3. The predicted molar refractivity (Wildman–Crippen MR) is 229 cm³/mol. The zero-order chi connectivity index (χ0) is 42.9. The largest absolute Gasteiger partial charge is 0.397 e. The summed E-state index contributed by atoms with van der Waals surface area (Å²) in [6.07, 6.45) is 24.3. The van der Waals surface area contributed by atoms with E-state index in [1.807, 2.05) is 0 Å². The van der Waals surface area contributed by atoms with Crippen molar-refractivity contribution >= 4 is 16.3 Å². The van der Waals surface area contributed by atoms with Gasteiger partial charge < -0.3 is 40.3 Å². The number of aliphatic hydroxyl groups excluding tert-OH is 5. The molecular weight excluding hydrogens is 767 g/mol. The van der Waals surface area contributed by atoms with Gasteiger partial charge in [-0.25, -0.2) is 4.18 Å². The van der Waals surface area contributed by atoms with Crippen LogP contribution in [0.15, 0.2) is 0 Å². The molecule has 8 unspecified atom stereocenters. The summed E-state index contributed by atoms with van der Waals surface area (Å²) in [7, 11) is -5.10. The number of ether oxygens (including phenoxy) is 2. The molecule has 1 aliphatic heterocycles. The van der Waals surface area contributed by atoms with Gasteiger partial charge in [-0.3, -0.25) is 9.35 Å². The van der Waals surface area contributed by atoms with Crippen LogP contribution in [0.3, 0.4) is 0 Å². The molecule has 1 aliphatic rings. The number of aliphatic hydroxyl groups is 5. The predicted octanol–water partition coefficient (Wildman–Crippen LogP) is 7.97. The Hall–Kier alpha value is -0.940. The number of carbonyl (C=O) groups is 1. The normalized spacial score (nSPS) is 21.6. The smallest absolute Gasteiger partial charge is 0.394 e. The van der Waals surface area contributed by atoms with E-state index >= 15 is 0 Å². The lowest BCUT2D eigenvalue weighted by Gasteiger charge is -2.41. The van der Waals surface area contributed by atoms with Gasteiger partial charge in [0.15, 0.2) is 6.29 Å². The minimum absolute atomic E-state index is 0.265. The lowest BCUT2D eigenvalue weighted by Crippen LogP contribution is -2.61. The fourth-order valence-corrected chi connectivity index (χ4v) is 8.27. The highest BCUT2D eigenvalue weighted by Gasteiger charge is 2.48. The van der Waals surface area contributed by atoms with Crippen molar-refractivity contribution in [2.24, 2.45) is 0 Å². The first kappa shape index (κ1) is 55.1. The van der Waals surface area contributed by atoms with Crippen molar-refractivity contribution in [2.75, 3.05) is 13.2 Å². The van der Waals surface area contributed by atoms with E-state index in [0.29, 0.717) is 19.3 Å². The zero-order valence-corrected chi connectivity index (χ0v) is 37.3. The number of rotatable bonds is 40. The van der Waals surface area contributed by atoms with Gasteiger partial charge >= 0.3 is 10.4 Å². The van der Waals surface area contributed by atoms with E-state index in [0.717, 1.165) is 38.5 Å². The van der Waals surface area contributed by atoms with E-state index in [4.69, 9.17) is 9.47 Å². The van der Waals surface area contributed by atoms with Crippen LogP contribution in [0.5, 0.6) is 0 Å². The van der Waals surface area contributed by atoms with Gasteiger partial charge in [-0.05, 0) is 12.8 Å². The van der Waals surface area contributed by atoms with Gasteiger partial charge in [0, 0.05) is 0 Å². The number of carbonyl (C=O) groups excluding carboxylic acids is 1. The molecule has 0 radical (unpaired) electrons. The van der Waals surface area contributed by atoms with Crippen LogP contribution in [0.25, 0.3) is 0 Å². The summed E-state index contributed by atoms with van der Waals surface area (Å²) in [5.41, 5.74) is 0. The van der Waals surface area contributed by atoms with Crippen molar-refractivity contribution in [1.29, 1.82) is 0 Å². The maximum absolute atomic E-state index is 13.1. The van der Waals surface area contributed by atoms with Gasteiger partial charge in [0.25, 0.3) is 0 Å². The minimum atomic E-state index is -5.10. The van der Waals surface area contributed by atoms with Gasteiger partial charge in [0.05, 0.1) is 25.4 Å². The molecule has 0 aromatic rings. The Kier molecular flexibility index (Phi) is 33.8. The molecule has 0 aromatic carbocycles. The third kappa shape index (κ3) is 27.8. The molecule has 1 heterocycles. The van der Waals surface area contributed by atoms with Crippen molar-refractivity contribution in [1.82, 2.24) is 5.32 Å². The third-order valence-corrected chi connectivity index (χ3v) is 12.0. The highest BCUT2D eigenvalue weighted by Crippen LogP contribution is 2.26. The van der Waals surface area contributed by atoms with Crippen LogP contribution in [0, 0.1) is 0 Å². The molecule has 1 fully saturated rings. The molecule has 0 bridgehead atoms. The molecule has 1 amide bonds. The average Bonchev–Trinajstić information content (AvgIpc) is 3.19. The minimum Gasteiger partial charge on any atom is -0.394 e. The number of hydrogen-bond donors (Lipinski definition) is 7. The summed E-state index contributed by atoms with van der Waals surface area (Å²) < 4.78 is 47.6. The first-order chi connectivity index (χ1) is 27.9. The van der Waals surface area contributed by atoms with Crippen LogP contribution < -0.4 is 5.32 Å². The molecule has 7 N–H and O–H groups in total. The number of amides is 1. The van der Waals surface area contributed by atoms with Crippen molar-refractivity contribution in [2.45, 2.75) is 262 Å². The standard InChI is InChI=1S/C44H87NO12S/c1-3-5-7-9-11-13-15-17-18-19-21-22-24-26-28-30-32-37(47)36(35-55-44-41(50)42(57-58(52,53)54)40(49)39(34-46)56-44)45-43(51)38(48)33-31-29-27-25-23-20-16-14-12-10-8-6-4-2/h36-42,44,46-50H,3-35H2,1-2H3,(H,45,51)(H,52,53,54). The van der Waals surface area contributed by atoms with Crippen LogP contribution in [0.1, 0.15) is 213 Å². The van der Waals surface area contributed by atoms with Gasteiger partial charge in [0.1, 0.15) is 30.5 Å². The summed E-state index contributed by atoms with van der Waals surface area (Å²) in [4.78, 5) is 13.1. The van der Waals surface area contributed by atoms with Gasteiger partial charge in [-0.2, -0.15) is 8.42 Å². The van der Waals surface area contributed by atoms with Gasteiger partial charge in [-0.15, -0.1) is 0 Å². The molecule has 8 atom stereocenters. The van der Waals surface area contributed by atoms with Crippen molar-refractivity contribution in [3.8, 4) is 0 Å². The van der Waals surface area contributed by atoms with E-state index in [9.17, 15) is 43.3 Å². The Morgan fingerprint density at radius 3 is 1.38 bits per heavy atom. The molecule has 0 spiro atoms. The monoisotopic (exact) mass is 854 g/mol. The third-order valence-electron chi connectivity index (χ3n) is 11.5. The Bertz CT molecular complexity index is 1070. The van der Waals surface area contributed by atoms with E-state index in [-0.39, 0.29) is 6.42 Å². The second-order valence-electron chi connectivity index (χ2n) is 16.9. The summed E-state index contributed by atoms with van der Waals surface area (Å²) in [6, 6.07) is -1.03. The van der Waals surface area contributed by atoms with E-state index in [1.54, 1.807) is 0 Å². The van der Waals surface area contributed by atoms with E-state index < -0.39 is 78.5 Å². The lowest BCUT2D eigenvalue weighted by atomic mass is 9.99. The Labute approximate surface area is 352 Å². The van der Waals surface area contributed by atoms with Gasteiger partial charge in [-0.1, -0.05) is 200 Å². The molecule has 58 heavy (non-hydrogen) atoms. The van der Waals surface area contributed by atoms with Crippen molar-refractivity contribution in [3.63, 3.8) is 0 Å². The first-order valence-electron chi connectivity index (χ1n) is 23.5. The van der Waals surface area contributed by atoms with Crippen molar-refractivity contribution in [3.05, 3.63) is 0 Å². The zero-order valence-electron chi connectivity index (χ0n) is 36.5. The molecule has 13 nitrogen and oxygen atoms in total. The summed E-state index contributed by atoms with van der Waals surface area (Å²) in [6.45, 7) is 3.28. The summed E-state index contributed by atoms with van der Waals surface area (Å²) >= 11 is 0. The molecule has 0 aliphatic carbocycles. The molecule has 0 saturated carbocycles. The van der Waals surface area contributed by atoms with Crippen LogP contribution in [0.2, 0.25) is 0 Å². The molecule has 0 aromatic heterocycles.